The molecule has 0 aromatic carbocycles. The molecule has 5 heteroatoms. The summed E-state index contributed by atoms with van der Waals surface area (Å²) >= 11 is 0. The number of hydrogen-bond donors (Lipinski definition) is 0. The minimum absolute atomic E-state index is 0.648. The molecule has 0 saturated heterocycles. The molecule has 0 N–H and O–H groups in total. The van der Waals surface area contributed by atoms with Crippen molar-refractivity contribution < 1.29 is 14.3 Å². The Morgan fingerprint density at radius 3 is 2.33 bits per heavy atom. The van der Waals surface area contributed by atoms with Crippen LogP contribution in [0.15, 0.2) is 0 Å². The predicted molar refractivity (Wildman–Crippen MR) is 40.1 cm³/mol. The molecular weight excluding hydrogens is 158 g/mol. The lowest BCUT2D eigenvalue weighted by molar-refractivity contribution is -0.150. The Balaban J connectivity index is 4.46. The van der Waals surface area contributed by atoms with Crippen molar-refractivity contribution in [3.8, 4) is 6.07 Å². The Kier molecular flexibility index (Phi) is 3.15. The van der Waals surface area contributed by atoms with Crippen LogP contribution in [0.1, 0.15) is 20.8 Å². The van der Waals surface area contributed by atoms with Crippen LogP contribution in [0.25, 0.3) is 5.53 Å². The number of carbonyl (C=O) groups is 1. The fourth-order valence-electron chi connectivity index (χ4n) is 0.435. The number of esters is 1. The van der Waals surface area contributed by atoms with Gasteiger partial charge in [0.25, 0.3) is 0 Å². The fraction of sp³-hybridized carbons (Fsp3) is 0.571. The van der Waals surface area contributed by atoms with Crippen molar-refractivity contribution in [1.82, 2.24) is 0 Å². The van der Waals surface area contributed by atoms with Gasteiger partial charge in [-0.3, -0.25) is 0 Å². The van der Waals surface area contributed by atoms with E-state index in [0.717, 1.165) is 0 Å². The zero-order chi connectivity index (χ0) is 9.78. The zero-order valence-electron chi connectivity index (χ0n) is 7.16. The van der Waals surface area contributed by atoms with Gasteiger partial charge in [0.1, 0.15) is 5.60 Å². The molecule has 0 unspecified atom stereocenters. The molecule has 5 nitrogen and oxygen atoms in total. The summed E-state index contributed by atoms with van der Waals surface area (Å²) in [5, 5.41) is 8.25. The summed E-state index contributed by atoms with van der Waals surface area (Å²) < 4.78 is 4.73. The molecule has 0 heterocycles. The molecule has 0 aliphatic heterocycles. The van der Waals surface area contributed by atoms with Crippen LogP contribution in [-0.4, -0.2) is 22.1 Å². The first kappa shape index (κ1) is 10.3. The molecule has 0 aromatic heterocycles. The average Bonchev–Trinajstić information content (AvgIpc) is 1.85. The molecule has 64 valence electrons. The molecule has 0 aliphatic carbocycles. The summed E-state index contributed by atoms with van der Waals surface area (Å²) in [5.74, 6) is -0.924. The van der Waals surface area contributed by atoms with Gasteiger partial charge >= 0.3 is 11.7 Å². The Morgan fingerprint density at radius 1 is 1.58 bits per heavy atom. The highest BCUT2D eigenvalue weighted by atomic mass is 16.6. The van der Waals surface area contributed by atoms with Crippen molar-refractivity contribution in [3.63, 3.8) is 0 Å². The highest BCUT2D eigenvalue weighted by Crippen LogP contribution is 2.06. The first-order chi connectivity index (χ1) is 5.40. The molecule has 0 atom stereocenters. The fourth-order valence-corrected chi connectivity index (χ4v) is 0.435. The van der Waals surface area contributed by atoms with Crippen molar-refractivity contribution in [1.29, 1.82) is 5.26 Å². The predicted octanol–water partition coefficient (Wildman–Crippen LogP) is 0.522. The zero-order valence-corrected chi connectivity index (χ0v) is 7.16. The molecule has 0 rings (SSSR count). The molecule has 0 aromatic rings. The SMILES string of the molecule is CC(C)(C)OC(=O)C(C#N)=[N+]=[N-]. The van der Waals surface area contributed by atoms with Gasteiger partial charge in [-0.25, -0.2) is 4.79 Å². The van der Waals surface area contributed by atoms with Crippen LogP contribution in [-0.2, 0) is 9.53 Å². The number of rotatable bonds is 1. The average molecular weight is 167 g/mol. The van der Waals surface area contributed by atoms with Gasteiger partial charge in [0, 0.05) is 0 Å². The van der Waals surface area contributed by atoms with Crippen LogP contribution in [0.3, 0.4) is 0 Å². The first-order valence-electron chi connectivity index (χ1n) is 3.26. The Morgan fingerprint density at radius 2 is 2.08 bits per heavy atom. The van der Waals surface area contributed by atoms with Gasteiger partial charge in [-0.1, -0.05) is 0 Å². The Labute approximate surface area is 70.2 Å². The number of ether oxygens (including phenoxy) is 1. The van der Waals surface area contributed by atoms with Crippen molar-refractivity contribution in [2.24, 2.45) is 0 Å². The van der Waals surface area contributed by atoms with E-state index in [1.165, 1.54) is 6.07 Å². The molecular formula is C7H9N3O2. The van der Waals surface area contributed by atoms with E-state index in [0.29, 0.717) is 0 Å². The standard InChI is InChI=1S/C7H9N3O2/c1-7(2,3)12-6(11)5(4-8)10-9/h1-3H3. The van der Waals surface area contributed by atoms with E-state index in [1.54, 1.807) is 20.8 Å². The molecule has 0 fully saturated rings. The van der Waals surface area contributed by atoms with E-state index >= 15 is 0 Å². The third-order valence-electron chi connectivity index (χ3n) is 0.798. The molecule has 0 radical (unpaired) electrons. The minimum atomic E-state index is -0.924. The van der Waals surface area contributed by atoms with Crippen molar-refractivity contribution in [2.45, 2.75) is 26.4 Å². The van der Waals surface area contributed by atoms with E-state index in [9.17, 15) is 4.79 Å². The summed E-state index contributed by atoms with van der Waals surface area (Å²) in [6.45, 7) is 4.95. The highest BCUT2D eigenvalue weighted by molar-refractivity contribution is 6.40. The number of nitrogens with zero attached hydrogens (tertiary/aromatic N) is 3. The summed E-state index contributed by atoms with van der Waals surface area (Å²) in [4.78, 5) is 13.4. The van der Waals surface area contributed by atoms with Gasteiger partial charge in [0.05, 0.1) is 0 Å². The molecule has 0 aliphatic rings. The molecule has 12 heavy (non-hydrogen) atoms. The van der Waals surface area contributed by atoms with Crippen molar-refractivity contribution >= 4 is 11.7 Å². The molecule has 0 amide bonds. The highest BCUT2D eigenvalue weighted by Gasteiger charge is 2.26. The number of hydrogen-bond acceptors (Lipinski definition) is 3. The van der Waals surface area contributed by atoms with Crippen LogP contribution < -0.4 is 0 Å². The van der Waals surface area contributed by atoms with E-state index in [-0.39, 0.29) is 0 Å². The number of nitriles is 1. The summed E-state index contributed by atoms with van der Waals surface area (Å²) in [6, 6.07) is 1.40. The van der Waals surface area contributed by atoms with Gasteiger partial charge < -0.3 is 10.3 Å². The smallest absolute Gasteiger partial charge is 0.451 e. The van der Waals surface area contributed by atoms with Crippen LogP contribution in [0.4, 0.5) is 0 Å². The normalized spacial score (nSPS) is 9.50. The van der Waals surface area contributed by atoms with Crippen LogP contribution in [0.2, 0.25) is 0 Å². The maximum absolute atomic E-state index is 10.9. The second-order valence-corrected chi connectivity index (χ2v) is 3.06. The van der Waals surface area contributed by atoms with Crippen LogP contribution in [0.5, 0.6) is 0 Å². The molecule has 0 spiro atoms. The van der Waals surface area contributed by atoms with Crippen molar-refractivity contribution in [2.75, 3.05) is 0 Å². The minimum Gasteiger partial charge on any atom is -0.451 e. The third kappa shape index (κ3) is 3.49. The van der Waals surface area contributed by atoms with Crippen LogP contribution in [0, 0.1) is 11.3 Å². The topological polar surface area (TPSA) is 86.5 Å². The van der Waals surface area contributed by atoms with E-state index in [1.807, 2.05) is 0 Å². The molecule has 0 saturated carbocycles. The maximum Gasteiger partial charge on any atom is 0.475 e. The van der Waals surface area contributed by atoms with Gasteiger partial charge in [0.2, 0.25) is 0 Å². The van der Waals surface area contributed by atoms with E-state index < -0.39 is 17.3 Å². The van der Waals surface area contributed by atoms with Crippen molar-refractivity contribution in [3.05, 3.63) is 5.53 Å². The summed E-state index contributed by atoms with van der Waals surface area (Å²) in [7, 11) is 0. The van der Waals surface area contributed by atoms with E-state index in [4.69, 9.17) is 15.5 Å². The summed E-state index contributed by atoms with van der Waals surface area (Å²) in [6.07, 6.45) is 0. The largest absolute Gasteiger partial charge is 0.475 e. The quantitative estimate of drug-likeness (QED) is 0.247. The summed E-state index contributed by atoms with van der Waals surface area (Å²) in [5.41, 5.74) is 6.82. The van der Waals surface area contributed by atoms with Gasteiger partial charge in [-0.2, -0.15) is 5.26 Å². The lowest BCUT2D eigenvalue weighted by atomic mass is 10.2. The Bertz CT molecular complexity index is 276. The Hall–Kier alpha value is -1.66. The van der Waals surface area contributed by atoms with Gasteiger partial charge in [-0.15, -0.1) is 4.79 Å². The monoisotopic (exact) mass is 167 g/mol. The van der Waals surface area contributed by atoms with Crippen LogP contribution >= 0.6 is 0 Å². The lowest BCUT2D eigenvalue weighted by Crippen LogP contribution is -2.28. The number of carbonyl (C=O) groups excluding carboxylic acids is 1. The maximum atomic E-state index is 10.9. The van der Waals surface area contributed by atoms with Gasteiger partial charge in [-0.05, 0) is 20.8 Å². The third-order valence-corrected chi connectivity index (χ3v) is 0.798. The lowest BCUT2D eigenvalue weighted by Gasteiger charge is -2.16. The van der Waals surface area contributed by atoms with Gasteiger partial charge in [0.15, 0.2) is 6.07 Å². The molecule has 0 bridgehead atoms. The first-order valence-corrected chi connectivity index (χ1v) is 3.26. The van der Waals surface area contributed by atoms with E-state index in [2.05, 4.69) is 4.79 Å². The second kappa shape index (κ2) is 3.65. The second-order valence-electron chi connectivity index (χ2n) is 3.06.